The molecular weight excluding hydrogens is 248 g/mol. The van der Waals surface area contributed by atoms with Crippen LogP contribution in [0, 0.1) is 0 Å². The minimum absolute atomic E-state index is 0.147. The molecule has 0 atom stereocenters. The van der Waals surface area contributed by atoms with E-state index < -0.39 is 17.7 Å². The molecular formula is C13H16N2O4. The van der Waals surface area contributed by atoms with Gasteiger partial charge in [0.05, 0.1) is 0 Å². The Morgan fingerprint density at radius 2 is 1.74 bits per heavy atom. The molecule has 0 saturated heterocycles. The number of rotatable bonds is 3. The number of amides is 1. The van der Waals surface area contributed by atoms with Crippen molar-refractivity contribution in [2.75, 3.05) is 0 Å². The lowest BCUT2D eigenvalue weighted by Gasteiger charge is -2.17. The van der Waals surface area contributed by atoms with Crippen LogP contribution in [0.15, 0.2) is 35.5 Å². The normalized spacial score (nSPS) is 11.8. The van der Waals surface area contributed by atoms with Crippen molar-refractivity contribution in [1.29, 1.82) is 0 Å². The number of ether oxygens (including phenoxy) is 1. The average molecular weight is 264 g/mol. The molecule has 102 valence electrons. The molecule has 1 rings (SSSR count). The Kier molecular flexibility index (Phi) is 4.63. The van der Waals surface area contributed by atoms with Crippen molar-refractivity contribution in [2.45, 2.75) is 26.4 Å². The maximum atomic E-state index is 11.3. The summed E-state index contributed by atoms with van der Waals surface area (Å²) in [4.78, 5) is 27.1. The van der Waals surface area contributed by atoms with Crippen LogP contribution in [0.3, 0.4) is 0 Å². The Morgan fingerprint density at radius 1 is 1.16 bits per heavy atom. The Hall–Kier alpha value is -2.37. The lowest BCUT2D eigenvalue weighted by molar-refractivity contribution is -0.112. The lowest BCUT2D eigenvalue weighted by Crippen LogP contribution is -2.27. The van der Waals surface area contributed by atoms with Crippen LogP contribution in [0.25, 0.3) is 0 Å². The first-order valence-electron chi connectivity index (χ1n) is 5.63. The van der Waals surface area contributed by atoms with Crippen molar-refractivity contribution < 1.29 is 19.2 Å². The Balaban J connectivity index is 2.82. The second kappa shape index (κ2) is 5.99. The summed E-state index contributed by atoms with van der Waals surface area (Å²) in [7, 11) is 0. The van der Waals surface area contributed by atoms with Gasteiger partial charge in [0.15, 0.2) is 5.71 Å². The molecule has 0 spiro atoms. The summed E-state index contributed by atoms with van der Waals surface area (Å²) in [6.07, 6.45) is -0.998. The first-order chi connectivity index (χ1) is 8.79. The van der Waals surface area contributed by atoms with Crippen molar-refractivity contribution in [3.8, 4) is 0 Å². The zero-order valence-electron chi connectivity index (χ0n) is 11.0. The third-order valence-corrected chi connectivity index (χ3v) is 1.88. The molecule has 2 N–H and O–H groups in total. The van der Waals surface area contributed by atoms with Gasteiger partial charge in [0, 0.05) is 5.56 Å². The van der Waals surface area contributed by atoms with E-state index in [0.29, 0.717) is 5.56 Å². The molecule has 6 nitrogen and oxygen atoms in total. The fraction of sp³-hybridized carbons (Fsp3) is 0.308. The fourth-order valence-corrected chi connectivity index (χ4v) is 1.19. The first kappa shape index (κ1) is 14.7. The summed E-state index contributed by atoms with van der Waals surface area (Å²) in [6, 6.07) is 8.45. The zero-order valence-corrected chi connectivity index (χ0v) is 11.0. The highest BCUT2D eigenvalue weighted by Crippen LogP contribution is 2.09. The largest absolute Gasteiger partial charge is 0.535 e. The van der Waals surface area contributed by atoms with Gasteiger partial charge in [-0.1, -0.05) is 35.5 Å². The molecule has 0 saturated carbocycles. The summed E-state index contributed by atoms with van der Waals surface area (Å²) >= 11 is 0. The number of carbonyl (C=O) groups is 2. The van der Waals surface area contributed by atoms with Gasteiger partial charge in [0.1, 0.15) is 5.60 Å². The fourth-order valence-electron chi connectivity index (χ4n) is 1.19. The number of benzene rings is 1. The molecule has 0 aliphatic heterocycles. The molecule has 6 heteroatoms. The van der Waals surface area contributed by atoms with Gasteiger partial charge in [0.25, 0.3) is 5.91 Å². The second-order valence-corrected chi connectivity index (χ2v) is 4.73. The van der Waals surface area contributed by atoms with Crippen LogP contribution in [0.2, 0.25) is 0 Å². The van der Waals surface area contributed by atoms with E-state index in [4.69, 9.17) is 10.5 Å². The zero-order chi connectivity index (χ0) is 14.5. The minimum Gasteiger partial charge on any atom is -0.427 e. The van der Waals surface area contributed by atoms with E-state index in [9.17, 15) is 9.59 Å². The molecule has 1 aromatic carbocycles. The molecule has 1 amide bonds. The van der Waals surface area contributed by atoms with Crippen molar-refractivity contribution >= 4 is 17.8 Å². The molecule has 0 fully saturated rings. The molecule has 19 heavy (non-hydrogen) atoms. The molecule has 0 unspecified atom stereocenters. The van der Waals surface area contributed by atoms with E-state index in [1.165, 1.54) is 0 Å². The highest BCUT2D eigenvalue weighted by atomic mass is 16.8. The first-order valence-corrected chi connectivity index (χ1v) is 5.63. The number of carbonyl (C=O) groups excluding carboxylic acids is 2. The highest BCUT2D eigenvalue weighted by Gasteiger charge is 2.19. The maximum absolute atomic E-state index is 11.3. The number of hydrogen-bond acceptors (Lipinski definition) is 5. The van der Waals surface area contributed by atoms with Gasteiger partial charge in [-0.05, 0) is 20.8 Å². The second-order valence-electron chi connectivity index (χ2n) is 4.73. The number of hydrogen-bond donors (Lipinski definition) is 1. The van der Waals surface area contributed by atoms with E-state index in [2.05, 4.69) is 9.99 Å². The number of nitrogens with zero attached hydrogens (tertiary/aromatic N) is 1. The van der Waals surface area contributed by atoms with Crippen LogP contribution in [-0.4, -0.2) is 23.4 Å². The smallest absolute Gasteiger partial charge is 0.427 e. The van der Waals surface area contributed by atoms with E-state index >= 15 is 0 Å². The average Bonchev–Trinajstić information content (AvgIpc) is 2.27. The molecule has 0 bridgehead atoms. The van der Waals surface area contributed by atoms with Gasteiger partial charge in [-0.25, -0.2) is 4.79 Å². The molecule has 0 aromatic heterocycles. The van der Waals surface area contributed by atoms with E-state index in [-0.39, 0.29) is 5.71 Å². The Bertz CT molecular complexity index is 489. The quantitative estimate of drug-likeness (QED) is 0.390. The summed E-state index contributed by atoms with van der Waals surface area (Å²) in [5.74, 6) is -0.797. The summed E-state index contributed by atoms with van der Waals surface area (Å²) in [6.45, 7) is 5.05. The maximum Gasteiger partial charge on any atom is 0.535 e. The standard InChI is InChI=1S/C13H16N2O4/c1-13(2,3)18-12(17)19-15-10(11(14)16)9-7-5-4-6-8-9/h4-8H,1-3H3,(H2,14,16)/b15-10+. The highest BCUT2D eigenvalue weighted by molar-refractivity contribution is 6.44. The van der Waals surface area contributed by atoms with Gasteiger partial charge in [0.2, 0.25) is 0 Å². The SMILES string of the molecule is CC(C)(C)OC(=O)O/N=C(/C(N)=O)c1ccccc1. The summed E-state index contributed by atoms with van der Waals surface area (Å²) in [5, 5.41) is 3.45. The monoisotopic (exact) mass is 264 g/mol. The predicted octanol–water partition coefficient (Wildman–Crippen LogP) is 1.83. The minimum atomic E-state index is -0.998. The van der Waals surface area contributed by atoms with E-state index in [1.807, 2.05) is 0 Å². The topological polar surface area (TPSA) is 91.0 Å². The third-order valence-electron chi connectivity index (χ3n) is 1.88. The Labute approximate surface area is 111 Å². The Morgan fingerprint density at radius 3 is 2.21 bits per heavy atom. The molecule has 1 aromatic rings. The van der Waals surface area contributed by atoms with Crippen LogP contribution in [0.5, 0.6) is 0 Å². The van der Waals surface area contributed by atoms with Crippen LogP contribution in [-0.2, 0) is 14.4 Å². The number of oxime groups is 1. The van der Waals surface area contributed by atoms with Crippen molar-refractivity contribution in [3.63, 3.8) is 0 Å². The summed E-state index contributed by atoms with van der Waals surface area (Å²) < 4.78 is 4.88. The lowest BCUT2D eigenvalue weighted by atomic mass is 10.1. The van der Waals surface area contributed by atoms with Crippen molar-refractivity contribution in [2.24, 2.45) is 10.9 Å². The van der Waals surface area contributed by atoms with Crippen molar-refractivity contribution in [1.82, 2.24) is 0 Å². The number of nitrogens with two attached hydrogens (primary N) is 1. The van der Waals surface area contributed by atoms with Crippen LogP contribution < -0.4 is 5.73 Å². The molecule has 0 aliphatic carbocycles. The van der Waals surface area contributed by atoms with Gasteiger partial charge < -0.3 is 10.5 Å². The number of primary amides is 1. The van der Waals surface area contributed by atoms with Gasteiger partial charge in [-0.15, -0.1) is 0 Å². The molecule has 0 heterocycles. The van der Waals surface area contributed by atoms with Gasteiger partial charge in [-0.3, -0.25) is 9.63 Å². The van der Waals surface area contributed by atoms with Crippen molar-refractivity contribution in [3.05, 3.63) is 35.9 Å². The van der Waals surface area contributed by atoms with Gasteiger partial charge >= 0.3 is 6.16 Å². The predicted molar refractivity (Wildman–Crippen MR) is 69.5 cm³/mol. The third kappa shape index (κ3) is 5.20. The molecule has 0 radical (unpaired) electrons. The van der Waals surface area contributed by atoms with Crippen LogP contribution in [0.4, 0.5) is 4.79 Å². The van der Waals surface area contributed by atoms with Crippen LogP contribution in [0.1, 0.15) is 26.3 Å². The molecule has 0 aliphatic rings. The van der Waals surface area contributed by atoms with Crippen LogP contribution >= 0.6 is 0 Å². The van der Waals surface area contributed by atoms with E-state index in [1.54, 1.807) is 51.1 Å². The van der Waals surface area contributed by atoms with Gasteiger partial charge in [-0.2, -0.15) is 0 Å². The van der Waals surface area contributed by atoms with E-state index in [0.717, 1.165) is 0 Å². The summed E-state index contributed by atoms with van der Waals surface area (Å²) in [5.41, 5.74) is 4.79.